The van der Waals surface area contributed by atoms with Crippen LogP contribution in [-0.2, 0) is 4.74 Å². The van der Waals surface area contributed by atoms with Crippen molar-refractivity contribution >= 4 is 21.9 Å². The SMILES string of the molecule is CCOC(=O)c1cc(OCC)c(OCC)cc1Br. The lowest BCUT2D eigenvalue weighted by molar-refractivity contribution is 0.0524. The molecule has 0 N–H and O–H groups in total. The predicted molar refractivity (Wildman–Crippen MR) is 72.4 cm³/mol. The zero-order valence-corrected chi connectivity index (χ0v) is 12.4. The normalized spacial score (nSPS) is 10.0. The Balaban J connectivity index is 3.13. The molecule has 0 aliphatic heterocycles. The van der Waals surface area contributed by atoms with Gasteiger partial charge in [0.1, 0.15) is 0 Å². The number of rotatable bonds is 6. The van der Waals surface area contributed by atoms with Gasteiger partial charge in [-0.25, -0.2) is 4.79 Å². The van der Waals surface area contributed by atoms with Crippen molar-refractivity contribution < 1.29 is 19.0 Å². The molecule has 0 saturated heterocycles. The molecule has 0 aliphatic rings. The Kier molecular flexibility index (Phi) is 5.98. The summed E-state index contributed by atoms with van der Waals surface area (Å²) in [5.41, 5.74) is 0.434. The molecule has 4 nitrogen and oxygen atoms in total. The number of halogens is 1. The predicted octanol–water partition coefficient (Wildman–Crippen LogP) is 3.42. The van der Waals surface area contributed by atoms with Gasteiger partial charge in [-0.05, 0) is 48.8 Å². The second-order valence-corrected chi connectivity index (χ2v) is 4.22. The average molecular weight is 317 g/mol. The van der Waals surface area contributed by atoms with Crippen LogP contribution in [0, 0.1) is 0 Å². The molecule has 0 fully saturated rings. The first kappa shape index (κ1) is 14.8. The Morgan fingerprint density at radius 3 is 2.11 bits per heavy atom. The Morgan fingerprint density at radius 1 is 1.06 bits per heavy atom. The van der Waals surface area contributed by atoms with Gasteiger partial charge in [0, 0.05) is 4.47 Å². The minimum absolute atomic E-state index is 0.336. The van der Waals surface area contributed by atoms with Gasteiger partial charge in [0.15, 0.2) is 11.5 Å². The first-order valence-corrected chi connectivity index (χ1v) is 6.69. The summed E-state index contributed by atoms with van der Waals surface area (Å²) >= 11 is 3.34. The van der Waals surface area contributed by atoms with E-state index < -0.39 is 0 Å². The maximum absolute atomic E-state index is 11.7. The van der Waals surface area contributed by atoms with E-state index >= 15 is 0 Å². The molecule has 1 aromatic carbocycles. The third-order valence-electron chi connectivity index (χ3n) is 2.13. The van der Waals surface area contributed by atoms with Crippen LogP contribution in [0.5, 0.6) is 11.5 Å². The molecule has 0 radical (unpaired) electrons. The van der Waals surface area contributed by atoms with Gasteiger partial charge in [0.2, 0.25) is 0 Å². The number of ether oxygens (including phenoxy) is 3. The van der Waals surface area contributed by atoms with E-state index in [0.717, 1.165) is 0 Å². The lowest BCUT2D eigenvalue weighted by atomic mass is 10.2. The van der Waals surface area contributed by atoms with Crippen molar-refractivity contribution in [2.75, 3.05) is 19.8 Å². The maximum Gasteiger partial charge on any atom is 0.339 e. The molecular weight excluding hydrogens is 300 g/mol. The van der Waals surface area contributed by atoms with Crippen LogP contribution < -0.4 is 9.47 Å². The maximum atomic E-state index is 11.7. The van der Waals surface area contributed by atoms with Crippen molar-refractivity contribution in [3.05, 3.63) is 22.2 Å². The molecule has 0 unspecified atom stereocenters. The second-order valence-electron chi connectivity index (χ2n) is 3.37. The van der Waals surface area contributed by atoms with Crippen molar-refractivity contribution in [2.24, 2.45) is 0 Å². The topological polar surface area (TPSA) is 44.8 Å². The summed E-state index contributed by atoms with van der Waals surface area (Å²) in [6.45, 7) is 6.91. The minimum atomic E-state index is -0.381. The van der Waals surface area contributed by atoms with E-state index in [1.165, 1.54) is 0 Å². The van der Waals surface area contributed by atoms with Crippen molar-refractivity contribution in [1.82, 2.24) is 0 Å². The first-order valence-electron chi connectivity index (χ1n) is 5.90. The van der Waals surface area contributed by atoms with Gasteiger partial charge in [0.05, 0.1) is 25.4 Å². The monoisotopic (exact) mass is 316 g/mol. The molecule has 0 saturated carbocycles. The fraction of sp³-hybridized carbons (Fsp3) is 0.462. The summed E-state index contributed by atoms with van der Waals surface area (Å²) in [6, 6.07) is 3.36. The van der Waals surface area contributed by atoms with E-state index in [1.54, 1.807) is 19.1 Å². The molecule has 18 heavy (non-hydrogen) atoms. The molecule has 1 aromatic rings. The Labute approximate surface area is 115 Å². The van der Waals surface area contributed by atoms with Gasteiger partial charge in [-0.3, -0.25) is 0 Å². The van der Waals surface area contributed by atoms with Crippen molar-refractivity contribution in [1.29, 1.82) is 0 Å². The highest BCUT2D eigenvalue weighted by Gasteiger charge is 2.16. The second kappa shape index (κ2) is 7.26. The molecular formula is C13H17BrO4. The van der Waals surface area contributed by atoms with E-state index in [-0.39, 0.29) is 5.97 Å². The molecule has 0 aromatic heterocycles. The standard InChI is InChI=1S/C13H17BrO4/c1-4-16-11-7-9(13(15)18-6-3)10(14)8-12(11)17-5-2/h7-8H,4-6H2,1-3H3. The van der Waals surface area contributed by atoms with E-state index in [4.69, 9.17) is 14.2 Å². The molecule has 0 bridgehead atoms. The van der Waals surface area contributed by atoms with Crippen molar-refractivity contribution in [3.63, 3.8) is 0 Å². The van der Waals surface area contributed by atoms with Gasteiger partial charge in [-0.15, -0.1) is 0 Å². The van der Waals surface area contributed by atoms with Crippen LogP contribution in [0.4, 0.5) is 0 Å². The highest BCUT2D eigenvalue weighted by Crippen LogP contribution is 2.34. The van der Waals surface area contributed by atoms with Crippen molar-refractivity contribution in [3.8, 4) is 11.5 Å². The fourth-order valence-electron chi connectivity index (χ4n) is 1.44. The van der Waals surface area contributed by atoms with Crippen LogP contribution in [0.25, 0.3) is 0 Å². The number of benzene rings is 1. The van der Waals surface area contributed by atoms with Gasteiger partial charge in [0.25, 0.3) is 0 Å². The molecule has 0 atom stereocenters. The van der Waals surface area contributed by atoms with Crippen LogP contribution in [0.1, 0.15) is 31.1 Å². The molecule has 0 spiro atoms. The zero-order valence-electron chi connectivity index (χ0n) is 10.8. The summed E-state index contributed by atoms with van der Waals surface area (Å²) in [5, 5.41) is 0. The van der Waals surface area contributed by atoms with E-state index in [2.05, 4.69) is 15.9 Å². The number of hydrogen-bond donors (Lipinski definition) is 0. The first-order chi connectivity index (χ1) is 8.63. The van der Waals surface area contributed by atoms with Gasteiger partial charge in [-0.2, -0.15) is 0 Å². The van der Waals surface area contributed by atoms with Gasteiger partial charge in [-0.1, -0.05) is 0 Å². The molecule has 0 heterocycles. The number of carbonyl (C=O) groups excluding carboxylic acids is 1. The number of hydrogen-bond acceptors (Lipinski definition) is 4. The van der Waals surface area contributed by atoms with E-state index in [1.807, 2.05) is 13.8 Å². The van der Waals surface area contributed by atoms with Crippen LogP contribution in [0.15, 0.2) is 16.6 Å². The summed E-state index contributed by atoms with van der Waals surface area (Å²) < 4.78 is 16.5. The molecule has 0 amide bonds. The van der Waals surface area contributed by atoms with E-state index in [9.17, 15) is 4.79 Å². The zero-order chi connectivity index (χ0) is 13.5. The smallest absolute Gasteiger partial charge is 0.339 e. The molecule has 0 aliphatic carbocycles. The summed E-state index contributed by atoms with van der Waals surface area (Å²) in [7, 11) is 0. The number of esters is 1. The van der Waals surface area contributed by atoms with Crippen LogP contribution in [0.3, 0.4) is 0 Å². The summed E-state index contributed by atoms with van der Waals surface area (Å²) in [5.74, 6) is 0.776. The lowest BCUT2D eigenvalue weighted by Crippen LogP contribution is -2.07. The highest BCUT2D eigenvalue weighted by molar-refractivity contribution is 9.10. The van der Waals surface area contributed by atoms with Crippen LogP contribution in [-0.4, -0.2) is 25.8 Å². The minimum Gasteiger partial charge on any atom is -0.490 e. The third kappa shape index (κ3) is 3.63. The van der Waals surface area contributed by atoms with Gasteiger partial charge < -0.3 is 14.2 Å². The summed E-state index contributed by atoms with van der Waals surface area (Å²) in [4.78, 5) is 11.7. The highest BCUT2D eigenvalue weighted by atomic mass is 79.9. The lowest BCUT2D eigenvalue weighted by Gasteiger charge is -2.13. The third-order valence-corrected chi connectivity index (χ3v) is 2.78. The van der Waals surface area contributed by atoms with Crippen LogP contribution >= 0.6 is 15.9 Å². The largest absolute Gasteiger partial charge is 0.490 e. The average Bonchev–Trinajstić information content (AvgIpc) is 2.33. The number of carbonyl (C=O) groups is 1. The quantitative estimate of drug-likeness (QED) is 0.754. The van der Waals surface area contributed by atoms with E-state index in [0.29, 0.717) is 41.4 Å². The van der Waals surface area contributed by atoms with Crippen LogP contribution in [0.2, 0.25) is 0 Å². The molecule has 5 heteroatoms. The molecule has 100 valence electrons. The Hall–Kier alpha value is -1.23. The fourth-order valence-corrected chi connectivity index (χ4v) is 1.92. The van der Waals surface area contributed by atoms with Crippen molar-refractivity contribution in [2.45, 2.75) is 20.8 Å². The molecule has 1 rings (SSSR count). The summed E-state index contributed by atoms with van der Waals surface area (Å²) in [6.07, 6.45) is 0. The van der Waals surface area contributed by atoms with Gasteiger partial charge >= 0.3 is 5.97 Å². The Bertz CT molecular complexity index is 418. The Morgan fingerprint density at radius 2 is 1.61 bits per heavy atom.